The van der Waals surface area contributed by atoms with Crippen molar-refractivity contribution in [3.8, 4) is 17.2 Å². The molecule has 40 heavy (non-hydrogen) atoms. The Hall–Kier alpha value is -4.15. The molecule has 4 heterocycles. The van der Waals surface area contributed by atoms with E-state index in [0.29, 0.717) is 30.2 Å². The van der Waals surface area contributed by atoms with Crippen LogP contribution in [0.15, 0.2) is 54.7 Å². The summed E-state index contributed by atoms with van der Waals surface area (Å²) in [6, 6.07) is 15.3. The average molecular weight is 541 g/mol. The van der Waals surface area contributed by atoms with Gasteiger partial charge in [0.2, 0.25) is 5.91 Å². The number of nitrogens with one attached hydrogen (secondary N) is 3. The molecule has 3 atom stereocenters. The summed E-state index contributed by atoms with van der Waals surface area (Å²) in [5.41, 5.74) is 3.93. The van der Waals surface area contributed by atoms with Crippen LogP contribution in [0.3, 0.4) is 0 Å². The summed E-state index contributed by atoms with van der Waals surface area (Å²) in [7, 11) is 2.16. The summed E-state index contributed by atoms with van der Waals surface area (Å²) in [6.07, 6.45) is 2.55. The molecule has 10 nitrogen and oxygen atoms in total. The van der Waals surface area contributed by atoms with Gasteiger partial charge in [-0.05, 0) is 55.4 Å². The summed E-state index contributed by atoms with van der Waals surface area (Å²) in [5, 5.41) is 8.82. The van der Waals surface area contributed by atoms with Crippen molar-refractivity contribution < 1.29 is 19.1 Å². The minimum absolute atomic E-state index is 0.0348. The molecule has 3 amide bonds. The van der Waals surface area contributed by atoms with Crippen molar-refractivity contribution in [3.05, 3.63) is 71.4 Å². The molecule has 2 aromatic carbocycles. The van der Waals surface area contributed by atoms with Gasteiger partial charge in [-0.3, -0.25) is 9.69 Å². The number of hydrogen-bond acceptors (Lipinski definition) is 7. The lowest BCUT2D eigenvalue weighted by Crippen LogP contribution is -2.43. The van der Waals surface area contributed by atoms with E-state index in [-0.39, 0.29) is 30.0 Å². The SMILES string of the molecule is CN1CCN(Cc2ccc(NC(=O)N[C@H]3[C@H]4Oc5ccc(Oc6ccnc7c6CCC(=O)N7)cc5[C@@H]34)cc2)CC1. The van der Waals surface area contributed by atoms with Crippen molar-refractivity contribution in [2.45, 2.75) is 37.5 Å². The van der Waals surface area contributed by atoms with Gasteiger partial charge in [0.25, 0.3) is 0 Å². The number of fused-ring (bicyclic) bond motifs is 4. The predicted octanol–water partition coefficient (Wildman–Crippen LogP) is 3.55. The minimum atomic E-state index is -0.241. The molecule has 0 unspecified atom stereocenters. The van der Waals surface area contributed by atoms with E-state index in [1.165, 1.54) is 5.56 Å². The van der Waals surface area contributed by atoms with Gasteiger partial charge < -0.3 is 30.3 Å². The number of ether oxygens (including phenoxy) is 2. The van der Waals surface area contributed by atoms with Gasteiger partial charge >= 0.3 is 6.03 Å². The number of pyridine rings is 1. The maximum atomic E-state index is 12.8. The van der Waals surface area contributed by atoms with Crippen LogP contribution in [0.2, 0.25) is 0 Å². The number of carbonyl (C=O) groups is 2. The number of nitrogens with zero attached hydrogens (tertiary/aromatic N) is 3. The van der Waals surface area contributed by atoms with Crippen molar-refractivity contribution in [3.63, 3.8) is 0 Å². The Balaban J connectivity index is 0.950. The molecule has 0 bridgehead atoms. The molecule has 3 aliphatic heterocycles. The molecule has 1 saturated carbocycles. The molecule has 0 radical (unpaired) electrons. The molecule has 3 aromatic rings. The molecule has 206 valence electrons. The zero-order valence-electron chi connectivity index (χ0n) is 22.4. The lowest BCUT2D eigenvalue weighted by molar-refractivity contribution is -0.116. The van der Waals surface area contributed by atoms with Crippen LogP contribution in [-0.4, -0.2) is 72.1 Å². The highest BCUT2D eigenvalue weighted by Crippen LogP contribution is 2.54. The first-order valence-corrected chi connectivity index (χ1v) is 13.8. The van der Waals surface area contributed by atoms with Gasteiger partial charge in [-0.25, -0.2) is 9.78 Å². The second-order valence-electron chi connectivity index (χ2n) is 11.0. The monoisotopic (exact) mass is 540 g/mol. The molecule has 2 fully saturated rings. The van der Waals surface area contributed by atoms with Gasteiger partial charge in [0, 0.05) is 62.2 Å². The second kappa shape index (κ2) is 10.1. The number of hydrogen-bond donors (Lipinski definition) is 3. The van der Waals surface area contributed by atoms with E-state index in [1.807, 2.05) is 36.4 Å². The fourth-order valence-corrected chi connectivity index (χ4v) is 5.83. The van der Waals surface area contributed by atoms with E-state index >= 15 is 0 Å². The molecule has 1 saturated heterocycles. The summed E-state index contributed by atoms with van der Waals surface area (Å²) >= 11 is 0. The Morgan fingerprint density at radius 3 is 2.75 bits per heavy atom. The Kier molecular flexibility index (Phi) is 6.28. The number of amides is 3. The van der Waals surface area contributed by atoms with E-state index in [0.717, 1.165) is 55.3 Å². The Morgan fingerprint density at radius 2 is 1.93 bits per heavy atom. The van der Waals surface area contributed by atoms with Gasteiger partial charge in [-0.1, -0.05) is 12.1 Å². The minimum Gasteiger partial charge on any atom is -0.487 e. The van der Waals surface area contributed by atoms with Gasteiger partial charge in [-0.15, -0.1) is 0 Å². The first-order chi connectivity index (χ1) is 19.5. The molecular formula is C30H32N6O4. The van der Waals surface area contributed by atoms with Crippen molar-refractivity contribution >= 4 is 23.4 Å². The molecule has 3 N–H and O–H groups in total. The van der Waals surface area contributed by atoms with Gasteiger partial charge in [0.1, 0.15) is 29.2 Å². The Morgan fingerprint density at radius 1 is 1.10 bits per heavy atom. The zero-order chi connectivity index (χ0) is 27.2. The van der Waals surface area contributed by atoms with E-state index < -0.39 is 0 Å². The number of rotatable bonds is 6. The molecule has 1 aromatic heterocycles. The van der Waals surface area contributed by atoms with Crippen molar-refractivity contribution in [2.75, 3.05) is 43.9 Å². The lowest BCUT2D eigenvalue weighted by atomic mass is 10.1. The number of likely N-dealkylation sites (N-methyl/N-ethyl adjacent to an activating group) is 1. The Bertz CT molecular complexity index is 1450. The third-order valence-corrected chi connectivity index (χ3v) is 8.17. The third-order valence-electron chi connectivity index (χ3n) is 8.17. The topological polar surface area (TPSA) is 108 Å². The quantitative estimate of drug-likeness (QED) is 0.439. The maximum absolute atomic E-state index is 12.8. The highest BCUT2D eigenvalue weighted by atomic mass is 16.5. The molecule has 1 aliphatic carbocycles. The highest BCUT2D eigenvalue weighted by Gasteiger charge is 2.59. The number of benzene rings is 2. The molecule has 10 heteroatoms. The standard InChI is InChI=1S/C30H32N6O4/c1-35-12-14-36(15-13-35)17-18-2-4-19(5-3-18)32-30(38)34-27-26-22-16-20(6-8-23(22)40-28(26)27)39-24-10-11-31-29-21(24)7-9-25(37)33-29/h2-6,8,10-11,16,26-28H,7,9,12-15,17H2,1H3,(H,31,33,37)(H2,32,34,38)/t26-,27+,28-/m0/s1. The number of urea groups is 1. The van der Waals surface area contributed by atoms with Crippen LogP contribution in [0, 0.1) is 0 Å². The smallest absolute Gasteiger partial charge is 0.319 e. The molecule has 7 rings (SSSR count). The van der Waals surface area contributed by atoms with Gasteiger partial charge in [-0.2, -0.15) is 0 Å². The first-order valence-electron chi connectivity index (χ1n) is 13.8. The van der Waals surface area contributed by atoms with E-state index in [9.17, 15) is 9.59 Å². The number of anilines is 2. The third kappa shape index (κ3) is 4.96. The second-order valence-corrected chi connectivity index (χ2v) is 11.0. The summed E-state index contributed by atoms with van der Waals surface area (Å²) in [6.45, 7) is 5.27. The summed E-state index contributed by atoms with van der Waals surface area (Å²) in [5.74, 6) is 2.79. The largest absolute Gasteiger partial charge is 0.487 e. The van der Waals surface area contributed by atoms with Crippen molar-refractivity contribution in [1.82, 2.24) is 20.1 Å². The maximum Gasteiger partial charge on any atom is 0.319 e. The first kappa shape index (κ1) is 24.9. The van der Waals surface area contributed by atoms with Crippen LogP contribution < -0.4 is 25.4 Å². The molecular weight excluding hydrogens is 508 g/mol. The van der Waals surface area contributed by atoms with Crippen LogP contribution in [-0.2, 0) is 17.8 Å². The fraction of sp³-hybridized carbons (Fsp3) is 0.367. The van der Waals surface area contributed by atoms with Crippen LogP contribution in [0.5, 0.6) is 17.2 Å². The number of piperazine rings is 1. The average Bonchev–Trinajstić information content (AvgIpc) is 3.46. The van der Waals surface area contributed by atoms with Crippen LogP contribution in [0.25, 0.3) is 0 Å². The fourth-order valence-electron chi connectivity index (χ4n) is 5.83. The van der Waals surface area contributed by atoms with E-state index in [4.69, 9.17) is 9.47 Å². The normalized spacial score (nSPS) is 23.2. The van der Waals surface area contributed by atoms with Crippen LogP contribution in [0.1, 0.15) is 29.0 Å². The number of aromatic nitrogens is 1. The predicted molar refractivity (Wildman–Crippen MR) is 150 cm³/mol. The zero-order valence-corrected chi connectivity index (χ0v) is 22.4. The van der Waals surface area contributed by atoms with Crippen LogP contribution in [0.4, 0.5) is 16.3 Å². The van der Waals surface area contributed by atoms with Crippen LogP contribution >= 0.6 is 0 Å². The summed E-state index contributed by atoms with van der Waals surface area (Å²) < 4.78 is 12.3. The van der Waals surface area contributed by atoms with Gasteiger partial charge in [0.15, 0.2) is 0 Å². The lowest BCUT2D eigenvalue weighted by Gasteiger charge is -2.32. The summed E-state index contributed by atoms with van der Waals surface area (Å²) in [4.78, 5) is 33.5. The van der Waals surface area contributed by atoms with Crippen molar-refractivity contribution in [1.29, 1.82) is 0 Å². The number of carbonyl (C=O) groups excluding carboxylic acids is 2. The van der Waals surface area contributed by atoms with Gasteiger partial charge in [0.05, 0.1) is 12.0 Å². The van der Waals surface area contributed by atoms with Crippen molar-refractivity contribution in [2.24, 2.45) is 0 Å². The Labute approximate surface area is 232 Å². The highest BCUT2D eigenvalue weighted by molar-refractivity contribution is 5.93. The molecule has 0 spiro atoms. The van der Waals surface area contributed by atoms with E-state index in [1.54, 1.807) is 6.20 Å². The van der Waals surface area contributed by atoms with E-state index in [2.05, 4.69) is 49.9 Å². The molecule has 4 aliphatic rings.